The Morgan fingerprint density at radius 2 is 1.57 bits per heavy atom. The van der Waals surface area contributed by atoms with Crippen LogP contribution < -0.4 is 5.32 Å². The molecule has 1 atom stereocenters. The number of halogens is 2. The number of aryl methyl sites for hydroxylation is 1. The normalized spacial score (nSPS) is 11.8. The molecule has 1 N–H and O–H groups in total. The van der Waals surface area contributed by atoms with Gasteiger partial charge in [0.1, 0.15) is 11.9 Å². The standard InChI is InChI=1S/C29H32ClFN2O2/c1-21(2)19-32-29(35)27(18-22-8-4-3-5-9-22)33(20-23-12-15-25(31)16-13-23)28(34)17-14-24-10-6-7-11-26(24)30/h3-13,15-16,21,27H,14,17-20H2,1-2H3,(H,32,35). The fourth-order valence-corrected chi connectivity index (χ4v) is 4.08. The Morgan fingerprint density at radius 1 is 0.914 bits per heavy atom. The van der Waals surface area contributed by atoms with Gasteiger partial charge < -0.3 is 10.2 Å². The Balaban J connectivity index is 1.90. The fraction of sp³-hybridized carbons (Fsp3) is 0.310. The van der Waals surface area contributed by atoms with Gasteiger partial charge in [0.15, 0.2) is 0 Å². The Kier molecular flexibility index (Phi) is 9.86. The van der Waals surface area contributed by atoms with E-state index in [0.29, 0.717) is 24.4 Å². The van der Waals surface area contributed by atoms with Crippen molar-refractivity contribution in [2.75, 3.05) is 6.54 Å². The molecule has 4 nitrogen and oxygen atoms in total. The van der Waals surface area contributed by atoms with Crippen molar-refractivity contribution >= 4 is 23.4 Å². The van der Waals surface area contributed by atoms with Gasteiger partial charge in [0.25, 0.3) is 0 Å². The van der Waals surface area contributed by atoms with Crippen LogP contribution in [0.25, 0.3) is 0 Å². The lowest BCUT2D eigenvalue weighted by atomic mass is 10.0. The molecule has 0 bridgehead atoms. The van der Waals surface area contributed by atoms with E-state index in [1.165, 1.54) is 12.1 Å². The Bertz CT molecular complexity index is 1100. The topological polar surface area (TPSA) is 49.4 Å². The van der Waals surface area contributed by atoms with Crippen LogP contribution in [0, 0.1) is 11.7 Å². The van der Waals surface area contributed by atoms with E-state index in [9.17, 15) is 14.0 Å². The second kappa shape index (κ2) is 13.1. The summed E-state index contributed by atoms with van der Waals surface area (Å²) in [5.41, 5.74) is 2.60. The van der Waals surface area contributed by atoms with Crippen molar-refractivity contribution in [3.63, 3.8) is 0 Å². The van der Waals surface area contributed by atoms with Crippen molar-refractivity contribution < 1.29 is 14.0 Å². The second-order valence-electron chi connectivity index (χ2n) is 9.08. The smallest absolute Gasteiger partial charge is 0.243 e. The average Bonchev–Trinajstić information content (AvgIpc) is 2.85. The molecule has 2 amide bonds. The second-order valence-corrected chi connectivity index (χ2v) is 9.49. The number of nitrogens with one attached hydrogen (secondary N) is 1. The molecule has 0 fully saturated rings. The van der Waals surface area contributed by atoms with E-state index in [0.717, 1.165) is 16.7 Å². The van der Waals surface area contributed by atoms with Gasteiger partial charge in [0.05, 0.1) is 0 Å². The summed E-state index contributed by atoms with van der Waals surface area (Å²) in [5, 5.41) is 3.61. The quantitative estimate of drug-likeness (QED) is 0.365. The number of carbonyl (C=O) groups excluding carboxylic acids is 2. The van der Waals surface area contributed by atoms with Crippen molar-refractivity contribution in [2.24, 2.45) is 5.92 Å². The molecule has 3 aromatic carbocycles. The van der Waals surface area contributed by atoms with Gasteiger partial charge in [-0.1, -0.05) is 86.1 Å². The Hall–Kier alpha value is -3.18. The van der Waals surface area contributed by atoms with E-state index in [1.54, 1.807) is 23.1 Å². The van der Waals surface area contributed by atoms with E-state index < -0.39 is 6.04 Å². The Labute approximate surface area is 212 Å². The maximum absolute atomic E-state index is 13.6. The first-order valence-electron chi connectivity index (χ1n) is 11.9. The van der Waals surface area contributed by atoms with Crippen LogP contribution in [0.15, 0.2) is 78.9 Å². The van der Waals surface area contributed by atoms with Crippen LogP contribution in [0.4, 0.5) is 4.39 Å². The molecule has 0 radical (unpaired) electrons. The molecule has 0 aliphatic heterocycles. The van der Waals surface area contributed by atoms with Crippen molar-refractivity contribution in [3.05, 3.63) is 106 Å². The molecule has 3 aromatic rings. The zero-order valence-corrected chi connectivity index (χ0v) is 21.0. The molecule has 1 unspecified atom stereocenters. The summed E-state index contributed by atoms with van der Waals surface area (Å²) >= 11 is 6.30. The first-order valence-corrected chi connectivity index (χ1v) is 12.3. The predicted molar refractivity (Wildman–Crippen MR) is 139 cm³/mol. The maximum atomic E-state index is 13.6. The van der Waals surface area contributed by atoms with Crippen molar-refractivity contribution in [3.8, 4) is 0 Å². The third kappa shape index (κ3) is 8.22. The molecule has 0 aliphatic carbocycles. The van der Waals surface area contributed by atoms with E-state index in [1.807, 2.05) is 62.4 Å². The monoisotopic (exact) mass is 494 g/mol. The number of hydrogen-bond donors (Lipinski definition) is 1. The number of amides is 2. The number of benzene rings is 3. The number of nitrogens with zero attached hydrogens (tertiary/aromatic N) is 1. The molecule has 0 aliphatic rings. The summed E-state index contributed by atoms with van der Waals surface area (Å²) < 4.78 is 13.5. The summed E-state index contributed by atoms with van der Waals surface area (Å²) in [7, 11) is 0. The molecule has 0 saturated heterocycles. The van der Waals surface area contributed by atoms with Gasteiger partial charge >= 0.3 is 0 Å². The highest BCUT2D eigenvalue weighted by atomic mass is 35.5. The van der Waals surface area contributed by atoms with Crippen LogP contribution in [0.3, 0.4) is 0 Å². The minimum Gasteiger partial charge on any atom is -0.354 e. The number of rotatable bonds is 11. The molecule has 184 valence electrons. The van der Waals surface area contributed by atoms with Crippen LogP contribution in [0.2, 0.25) is 5.02 Å². The molecule has 35 heavy (non-hydrogen) atoms. The van der Waals surface area contributed by atoms with Crippen LogP contribution in [-0.4, -0.2) is 29.3 Å². The van der Waals surface area contributed by atoms with Gasteiger partial charge in [-0.05, 0) is 47.2 Å². The summed E-state index contributed by atoms with van der Waals surface area (Å²) in [6, 6.07) is 22.4. The molecule has 0 spiro atoms. The van der Waals surface area contributed by atoms with Crippen molar-refractivity contribution in [2.45, 2.75) is 45.7 Å². The highest BCUT2D eigenvalue weighted by molar-refractivity contribution is 6.31. The average molecular weight is 495 g/mol. The lowest BCUT2D eigenvalue weighted by Gasteiger charge is -2.32. The third-order valence-electron chi connectivity index (χ3n) is 5.79. The highest BCUT2D eigenvalue weighted by Crippen LogP contribution is 2.20. The van der Waals surface area contributed by atoms with Gasteiger partial charge in [-0.25, -0.2) is 4.39 Å². The number of carbonyl (C=O) groups is 2. The molecular weight excluding hydrogens is 463 g/mol. The van der Waals surface area contributed by atoms with Gasteiger partial charge in [-0.3, -0.25) is 9.59 Å². The molecule has 0 heterocycles. The number of hydrogen-bond acceptors (Lipinski definition) is 2. The predicted octanol–water partition coefficient (Wildman–Crippen LogP) is 5.82. The lowest BCUT2D eigenvalue weighted by Crippen LogP contribution is -2.51. The van der Waals surface area contributed by atoms with Crippen LogP contribution in [0.5, 0.6) is 0 Å². The van der Waals surface area contributed by atoms with E-state index in [-0.39, 0.29) is 36.5 Å². The molecule has 3 rings (SSSR count). The molecular formula is C29H32ClFN2O2. The fourth-order valence-electron chi connectivity index (χ4n) is 3.85. The largest absolute Gasteiger partial charge is 0.354 e. The zero-order valence-electron chi connectivity index (χ0n) is 20.2. The first kappa shape index (κ1) is 26.4. The SMILES string of the molecule is CC(C)CNC(=O)C(Cc1ccccc1)N(Cc1ccc(F)cc1)C(=O)CCc1ccccc1Cl. The van der Waals surface area contributed by atoms with Gasteiger partial charge in [-0.2, -0.15) is 0 Å². The van der Waals surface area contributed by atoms with E-state index >= 15 is 0 Å². The van der Waals surface area contributed by atoms with Crippen LogP contribution in [-0.2, 0) is 29.0 Å². The minimum atomic E-state index is -0.708. The molecule has 6 heteroatoms. The maximum Gasteiger partial charge on any atom is 0.243 e. The van der Waals surface area contributed by atoms with Crippen molar-refractivity contribution in [1.29, 1.82) is 0 Å². The van der Waals surface area contributed by atoms with Crippen LogP contribution >= 0.6 is 11.6 Å². The summed E-state index contributed by atoms with van der Waals surface area (Å²) in [6.45, 7) is 4.77. The van der Waals surface area contributed by atoms with E-state index in [2.05, 4.69) is 5.32 Å². The zero-order chi connectivity index (χ0) is 25.2. The summed E-state index contributed by atoms with van der Waals surface area (Å²) in [5.74, 6) is -0.427. The molecule has 0 aromatic heterocycles. The van der Waals surface area contributed by atoms with Crippen molar-refractivity contribution in [1.82, 2.24) is 10.2 Å². The lowest BCUT2D eigenvalue weighted by molar-refractivity contribution is -0.141. The summed E-state index contributed by atoms with van der Waals surface area (Å²) in [6.07, 6.45) is 1.04. The van der Waals surface area contributed by atoms with E-state index in [4.69, 9.17) is 11.6 Å². The van der Waals surface area contributed by atoms with Gasteiger partial charge in [-0.15, -0.1) is 0 Å². The minimum absolute atomic E-state index is 0.158. The molecule has 0 saturated carbocycles. The Morgan fingerprint density at radius 3 is 2.23 bits per heavy atom. The highest BCUT2D eigenvalue weighted by Gasteiger charge is 2.30. The first-order chi connectivity index (χ1) is 16.8. The van der Waals surface area contributed by atoms with Gasteiger partial charge in [0.2, 0.25) is 11.8 Å². The third-order valence-corrected chi connectivity index (χ3v) is 6.16. The van der Waals surface area contributed by atoms with Crippen LogP contribution in [0.1, 0.15) is 37.0 Å². The van der Waals surface area contributed by atoms with Gasteiger partial charge in [0, 0.05) is 31.0 Å². The summed E-state index contributed by atoms with van der Waals surface area (Å²) in [4.78, 5) is 28.6.